The van der Waals surface area contributed by atoms with Crippen LogP contribution >= 0.6 is 0 Å². The van der Waals surface area contributed by atoms with Crippen molar-refractivity contribution >= 4 is 0 Å². The van der Waals surface area contributed by atoms with Gasteiger partial charge in [-0.3, -0.25) is 4.90 Å². The van der Waals surface area contributed by atoms with Crippen molar-refractivity contribution in [3.63, 3.8) is 0 Å². The Morgan fingerprint density at radius 3 is 2.17 bits per heavy atom. The normalized spacial score (nSPS) is 14.2. The molecule has 0 aliphatic carbocycles. The first-order chi connectivity index (χ1) is 5.61. The molecule has 0 heterocycles. The Morgan fingerprint density at radius 2 is 1.83 bits per heavy atom. The molecule has 12 heavy (non-hydrogen) atoms. The van der Waals surface area contributed by atoms with Gasteiger partial charge < -0.3 is 10.2 Å². The Labute approximate surface area is 75.0 Å². The van der Waals surface area contributed by atoms with E-state index in [-0.39, 0.29) is 19.3 Å². The minimum absolute atomic E-state index is 0.158. The monoisotopic (exact) mass is 175 g/mol. The minimum atomic E-state index is 0.158. The summed E-state index contributed by atoms with van der Waals surface area (Å²) in [6, 6.07) is 0.192. The van der Waals surface area contributed by atoms with E-state index in [1.807, 2.05) is 11.9 Å². The van der Waals surface area contributed by atoms with Crippen LogP contribution in [-0.4, -0.2) is 48.0 Å². The average molecular weight is 175 g/mol. The van der Waals surface area contributed by atoms with Crippen LogP contribution in [0.25, 0.3) is 0 Å². The van der Waals surface area contributed by atoms with Crippen molar-refractivity contribution < 1.29 is 10.2 Å². The zero-order valence-electron chi connectivity index (χ0n) is 8.32. The zero-order valence-corrected chi connectivity index (χ0v) is 8.32. The molecule has 0 aromatic carbocycles. The van der Waals surface area contributed by atoms with E-state index in [1.54, 1.807) is 0 Å². The topological polar surface area (TPSA) is 43.7 Å². The van der Waals surface area contributed by atoms with Crippen molar-refractivity contribution in [2.45, 2.75) is 26.3 Å². The number of hydrogen-bond donors (Lipinski definition) is 2. The van der Waals surface area contributed by atoms with Gasteiger partial charge in [0, 0.05) is 12.6 Å². The third kappa shape index (κ3) is 4.70. The summed E-state index contributed by atoms with van der Waals surface area (Å²) in [5.74, 6) is 0.586. The van der Waals surface area contributed by atoms with Gasteiger partial charge in [-0.05, 0) is 19.4 Å². The molecule has 1 atom stereocenters. The van der Waals surface area contributed by atoms with E-state index in [0.717, 1.165) is 6.42 Å². The standard InChI is InChI=1S/C9H21NO2/c1-8(2)6-9(7-12)10(3)4-5-11/h8-9,11-12H,4-7H2,1-3H3. The van der Waals surface area contributed by atoms with Crippen LogP contribution in [0.5, 0.6) is 0 Å². The van der Waals surface area contributed by atoms with Crippen molar-refractivity contribution in [1.82, 2.24) is 4.90 Å². The first-order valence-electron chi connectivity index (χ1n) is 4.53. The van der Waals surface area contributed by atoms with Crippen molar-refractivity contribution in [1.29, 1.82) is 0 Å². The van der Waals surface area contributed by atoms with E-state index in [4.69, 9.17) is 10.2 Å². The molecule has 0 aromatic heterocycles. The molecular formula is C9H21NO2. The molecule has 0 bridgehead atoms. The number of hydrogen-bond acceptors (Lipinski definition) is 3. The summed E-state index contributed by atoms with van der Waals surface area (Å²) in [6.45, 7) is 5.24. The highest BCUT2D eigenvalue weighted by molar-refractivity contribution is 4.68. The minimum Gasteiger partial charge on any atom is -0.395 e. The van der Waals surface area contributed by atoms with Gasteiger partial charge >= 0.3 is 0 Å². The van der Waals surface area contributed by atoms with Crippen LogP contribution in [0.4, 0.5) is 0 Å². The van der Waals surface area contributed by atoms with Crippen molar-refractivity contribution in [2.75, 3.05) is 26.8 Å². The van der Waals surface area contributed by atoms with E-state index >= 15 is 0 Å². The molecule has 0 aliphatic rings. The quantitative estimate of drug-likeness (QED) is 0.611. The fourth-order valence-electron chi connectivity index (χ4n) is 1.28. The Kier molecular flexibility index (Phi) is 6.34. The second-order valence-corrected chi connectivity index (χ2v) is 3.67. The number of nitrogens with zero attached hydrogens (tertiary/aromatic N) is 1. The molecule has 3 nitrogen and oxygen atoms in total. The fraction of sp³-hybridized carbons (Fsp3) is 1.00. The maximum atomic E-state index is 9.05. The van der Waals surface area contributed by atoms with E-state index in [9.17, 15) is 0 Å². The van der Waals surface area contributed by atoms with Gasteiger partial charge in [0.05, 0.1) is 13.2 Å². The van der Waals surface area contributed by atoms with Gasteiger partial charge in [-0.2, -0.15) is 0 Å². The first kappa shape index (κ1) is 11.9. The van der Waals surface area contributed by atoms with Crippen molar-refractivity contribution in [3.05, 3.63) is 0 Å². The van der Waals surface area contributed by atoms with Gasteiger partial charge in [0.2, 0.25) is 0 Å². The second kappa shape index (κ2) is 6.40. The van der Waals surface area contributed by atoms with Gasteiger partial charge in [-0.15, -0.1) is 0 Å². The number of likely N-dealkylation sites (N-methyl/N-ethyl adjacent to an activating group) is 1. The van der Waals surface area contributed by atoms with Crippen molar-refractivity contribution in [2.24, 2.45) is 5.92 Å². The SMILES string of the molecule is CC(C)CC(CO)N(C)CCO. The third-order valence-corrected chi connectivity index (χ3v) is 2.03. The highest BCUT2D eigenvalue weighted by Crippen LogP contribution is 2.08. The lowest BCUT2D eigenvalue weighted by Crippen LogP contribution is -2.37. The Hall–Kier alpha value is -0.120. The molecule has 0 fully saturated rings. The van der Waals surface area contributed by atoms with Crippen LogP contribution in [0.2, 0.25) is 0 Å². The van der Waals surface area contributed by atoms with E-state index in [1.165, 1.54) is 0 Å². The molecule has 2 N–H and O–H groups in total. The molecular weight excluding hydrogens is 154 g/mol. The molecule has 74 valence electrons. The maximum Gasteiger partial charge on any atom is 0.0586 e. The number of rotatable bonds is 6. The van der Waals surface area contributed by atoms with Gasteiger partial charge in [0.15, 0.2) is 0 Å². The summed E-state index contributed by atoms with van der Waals surface area (Å²) in [5.41, 5.74) is 0. The fourth-order valence-corrected chi connectivity index (χ4v) is 1.28. The Bertz CT molecular complexity index is 107. The zero-order chi connectivity index (χ0) is 9.56. The molecule has 0 saturated carbocycles. The summed E-state index contributed by atoms with van der Waals surface area (Å²) < 4.78 is 0. The molecule has 0 rings (SSSR count). The van der Waals surface area contributed by atoms with Crippen LogP contribution in [0, 0.1) is 5.92 Å². The lowest BCUT2D eigenvalue weighted by atomic mass is 10.0. The Morgan fingerprint density at radius 1 is 1.25 bits per heavy atom. The summed E-state index contributed by atoms with van der Waals surface area (Å²) >= 11 is 0. The maximum absolute atomic E-state index is 9.05. The summed E-state index contributed by atoms with van der Waals surface area (Å²) in [5, 5.41) is 17.7. The number of aliphatic hydroxyl groups excluding tert-OH is 2. The predicted octanol–water partition coefficient (Wildman–Crippen LogP) is 0.318. The van der Waals surface area contributed by atoms with Gasteiger partial charge in [0.25, 0.3) is 0 Å². The molecule has 0 aliphatic heterocycles. The molecule has 1 unspecified atom stereocenters. The Balaban J connectivity index is 3.78. The van der Waals surface area contributed by atoms with Crippen LogP contribution < -0.4 is 0 Å². The molecule has 0 saturated heterocycles. The summed E-state index contributed by atoms with van der Waals surface area (Å²) in [4.78, 5) is 2.00. The molecule has 0 spiro atoms. The van der Waals surface area contributed by atoms with Crippen LogP contribution in [0.3, 0.4) is 0 Å². The van der Waals surface area contributed by atoms with E-state index in [0.29, 0.717) is 12.5 Å². The smallest absolute Gasteiger partial charge is 0.0586 e. The van der Waals surface area contributed by atoms with Gasteiger partial charge in [-0.25, -0.2) is 0 Å². The predicted molar refractivity (Wildman–Crippen MR) is 50.0 cm³/mol. The lowest BCUT2D eigenvalue weighted by molar-refractivity contribution is 0.110. The second-order valence-electron chi connectivity index (χ2n) is 3.67. The molecule has 0 amide bonds. The van der Waals surface area contributed by atoms with Gasteiger partial charge in [0.1, 0.15) is 0 Å². The summed E-state index contributed by atoms with van der Waals surface area (Å²) in [7, 11) is 1.93. The first-order valence-corrected chi connectivity index (χ1v) is 4.53. The molecule has 3 heteroatoms. The van der Waals surface area contributed by atoms with Gasteiger partial charge in [-0.1, -0.05) is 13.8 Å². The van der Waals surface area contributed by atoms with Crippen LogP contribution in [0.1, 0.15) is 20.3 Å². The molecule has 0 aromatic rings. The highest BCUT2D eigenvalue weighted by Gasteiger charge is 2.14. The third-order valence-electron chi connectivity index (χ3n) is 2.03. The van der Waals surface area contributed by atoms with Crippen LogP contribution in [-0.2, 0) is 0 Å². The largest absolute Gasteiger partial charge is 0.395 e. The van der Waals surface area contributed by atoms with Crippen LogP contribution in [0.15, 0.2) is 0 Å². The van der Waals surface area contributed by atoms with E-state index in [2.05, 4.69) is 13.8 Å². The average Bonchev–Trinajstić information content (AvgIpc) is 2.00. The van der Waals surface area contributed by atoms with E-state index < -0.39 is 0 Å². The summed E-state index contributed by atoms with van der Waals surface area (Å²) in [6.07, 6.45) is 0.979. The number of aliphatic hydroxyl groups is 2. The van der Waals surface area contributed by atoms with Crippen molar-refractivity contribution in [3.8, 4) is 0 Å². The highest BCUT2D eigenvalue weighted by atomic mass is 16.3. The molecule has 0 radical (unpaired) electrons. The lowest BCUT2D eigenvalue weighted by Gasteiger charge is -2.26.